The summed E-state index contributed by atoms with van der Waals surface area (Å²) in [6.45, 7) is 2.84. The number of piperidine rings is 1. The third-order valence-electron chi connectivity index (χ3n) is 5.19. The molecule has 0 bridgehead atoms. The molecule has 2 heterocycles. The lowest BCUT2D eigenvalue weighted by Gasteiger charge is -2.34. The number of carbonyl (C=O) groups is 1. The van der Waals surface area contributed by atoms with Crippen molar-refractivity contribution in [2.75, 3.05) is 13.1 Å². The maximum atomic E-state index is 13.3. The van der Waals surface area contributed by atoms with Crippen molar-refractivity contribution in [2.24, 2.45) is 0 Å². The van der Waals surface area contributed by atoms with Crippen molar-refractivity contribution in [3.63, 3.8) is 0 Å². The molecule has 0 radical (unpaired) electrons. The number of hydrogen-bond donors (Lipinski definition) is 0. The van der Waals surface area contributed by atoms with Crippen LogP contribution in [0.5, 0.6) is 5.75 Å². The summed E-state index contributed by atoms with van der Waals surface area (Å²) in [5.74, 6) is -0.867. The van der Waals surface area contributed by atoms with E-state index in [2.05, 4.69) is 14.8 Å². The standard InChI is InChI=1S/C19H22F2N4O2/c1-12(27-15-6-7-16(20)17(21)9-15)19(26)24-8-2-3-13(10-24)18-23-22-11-25(18)14-4-5-14/h6-7,9,11-14H,2-5,8,10H2,1H3/t12-,13+/m0/s1. The molecular weight excluding hydrogens is 354 g/mol. The summed E-state index contributed by atoms with van der Waals surface area (Å²) < 4.78 is 34.0. The van der Waals surface area contributed by atoms with Gasteiger partial charge in [-0.05, 0) is 44.7 Å². The van der Waals surface area contributed by atoms with Gasteiger partial charge in [0.05, 0.1) is 0 Å². The summed E-state index contributed by atoms with van der Waals surface area (Å²) in [6, 6.07) is 3.76. The van der Waals surface area contributed by atoms with Crippen LogP contribution in [0.25, 0.3) is 0 Å². The maximum Gasteiger partial charge on any atom is 0.263 e. The van der Waals surface area contributed by atoms with Gasteiger partial charge in [-0.1, -0.05) is 0 Å². The van der Waals surface area contributed by atoms with E-state index in [4.69, 9.17) is 4.74 Å². The summed E-state index contributed by atoms with van der Waals surface area (Å²) in [5.41, 5.74) is 0. The Labute approximate surface area is 156 Å². The number of hydrogen-bond acceptors (Lipinski definition) is 4. The Morgan fingerprint density at radius 1 is 1.26 bits per heavy atom. The minimum atomic E-state index is -0.996. The lowest BCUT2D eigenvalue weighted by atomic mass is 9.96. The smallest absolute Gasteiger partial charge is 0.263 e. The quantitative estimate of drug-likeness (QED) is 0.805. The van der Waals surface area contributed by atoms with E-state index in [0.717, 1.165) is 43.6 Å². The summed E-state index contributed by atoms with van der Waals surface area (Å²) in [7, 11) is 0. The van der Waals surface area contributed by atoms with Crippen LogP contribution in [0.2, 0.25) is 0 Å². The molecule has 0 unspecified atom stereocenters. The largest absolute Gasteiger partial charge is 0.481 e. The number of halogens is 2. The number of rotatable bonds is 5. The Morgan fingerprint density at radius 2 is 2.07 bits per heavy atom. The van der Waals surface area contributed by atoms with Crippen molar-refractivity contribution in [1.29, 1.82) is 0 Å². The fourth-order valence-electron chi connectivity index (χ4n) is 3.63. The van der Waals surface area contributed by atoms with Crippen molar-refractivity contribution < 1.29 is 18.3 Å². The second kappa shape index (κ2) is 7.25. The number of carbonyl (C=O) groups excluding carboxylic acids is 1. The molecule has 2 fully saturated rings. The number of nitrogens with zero attached hydrogens (tertiary/aromatic N) is 4. The molecule has 1 aliphatic heterocycles. The van der Waals surface area contributed by atoms with Gasteiger partial charge in [-0.25, -0.2) is 8.78 Å². The first-order valence-electron chi connectivity index (χ1n) is 9.33. The number of likely N-dealkylation sites (tertiary alicyclic amines) is 1. The zero-order chi connectivity index (χ0) is 19.0. The van der Waals surface area contributed by atoms with Crippen LogP contribution >= 0.6 is 0 Å². The van der Waals surface area contributed by atoms with E-state index in [-0.39, 0.29) is 17.6 Å². The molecule has 2 aliphatic rings. The summed E-state index contributed by atoms with van der Waals surface area (Å²) >= 11 is 0. The fraction of sp³-hybridized carbons (Fsp3) is 0.526. The van der Waals surface area contributed by atoms with Crippen LogP contribution in [0.3, 0.4) is 0 Å². The average molecular weight is 376 g/mol. The molecule has 6 nitrogen and oxygen atoms in total. The molecule has 1 saturated heterocycles. The van der Waals surface area contributed by atoms with Gasteiger partial charge < -0.3 is 14.2 Å². The third kappa shape index (κ3) is 3.79. The molecular formula is C19H22F2N4O2. The SMILES string of the molecule is C[C@H](Oc1ccc(F)c(F)c1)C(=O)N1CCC[C@@H](c2nncn2C2CC2)C1. The average Bonchev–Trinajstić information content (AvgIpc) is 3.40. The maximum absolute atomic E-state index is 13.3. The summed E-state index contributed by atoms with van der Waals surface area (Å²) in [4.78, 5) is 14.6. The molecule has 1 aliphatic carbocycles. The Bertz CT molecular complexity index is 837. The van der Waals surface area contributed by atoms with Crippen LogP contribution in [-0.2, 0) is 4.79 Å². The Morgan fingerprint density at radius 3 is 2.81 bits per heavy atom. The molecule has 1 aromatic carbocycles. The normalized spacial score (nSPS) is 21.1. The topological polar surface area (TPSA) is 60.2 Å². The minimum absolute atomic E-state index is 0.136. The van der Waals surface area contributed by atoms with E-state index in [1.54, 1.807) is 18.2 Å². The summed E-state index contributed by atoms with van der Waals surface area (Å²) in [5, 5.41) is 8.35. The summed E-state index contributed by atoms with van der Waals surface area (Å²) in [6.07, 6.45) is 5.15. The van der Waals surface area contributed by atoms with Crippen LogP contribution in [0.4, 0.5) is 8.78 Å². The monoisotopic (exact) mass is 376 g/mol. The lowest BCUT2D eigenvalue weighted by Crippen LogP contribution is -2.45. The van der Waals surface area contributed by atoms with E-state index < -0.39 is 17.7 Å². The van der Waals surface area contributed by atoms with Crippen LogP contribution in [0, 0.1) is 11.6 Å². The first-order chi connectivity index (χ1) is 13.0. The minimum Gasteiger partial charge on any atom is -0.481 e. The molecule has 2 atom stereocenters. The Hall–Kier alpha value is -2.51. The molecule has 144 valence electrons. The second-order valence-electron chi connectivity index (χ2n) is 7.29. The fourth-order valence-corrected chi connectivity index (χ4v) is 3.63. The number of ether oxygens (including phenoxy) is 1. The Balaban J connectivity index is 1.41. The zero-order valence-corrected chi connectivity index (χ0v) is 15.1. The van der Waals surface area contributed by atoms with Crippen LogP contribution in [0.15, 0.2) is 24.5 Å². The van der Waals surface area contributed by atoms with Gasteiger partial charge in [0.1, 0.15) is 17.9 Å². The zero-order valence-electron chi connectivity index (χ0n) is 15.1. The highest BCUT2D eigenvalue weighted by atomic mass is 19.2. The van der Waals surface area contributed by atoms with Crippen molar-refractivity contribution in [2.45, 2.75) is 50.7 Å². The lowest BCUT2D eigenvalue weighted by molar-refractivity contribution is -0.139. The van der Waals surface area contributed by atoms with E-state index in [0.29, 0.717) is 19.1 Å². The highest BCUT2D eigenvalue weighted by Gasteiger charge is 2.33. The van der Waals surface area contributed by atoms with Gasteiger partial charge >= 0.3 is 0 Å². The van der Waals surface area contributed by atoms with E-state index >= 15 is 0 Å². The van der Waals surface area contributed by atoms with Gasteiger partial charge in [0.15, 0.2) is 17.7 Å². The highest BCUT2D eigenvalue weighted by molar-refractivity contribution is 5.81. The molecule has 0 spiro atoms. The molecule has 1 amide bonds. The second-order valence-corrected chi connectivity index (χ2v) is 7.29. The van der Waals surface area contributed by atoms with Gasteiger partial charge in [0.25, 0.3) is 5.91 Å². The number of aromatic nitrogens is 3. The van der Waals surface area contributed by atoms with Gasteiger partial charge in [0, 0.05) is 31.1 Å². The van der Waals surface area contributed by atoms with E-state index in [1.165, 1.54) is 6.07 Å². The van der Waals surface area contributed by atoms with Crippen LogP contribution in [-0.4, -0.2) is 44.8 Å². The van der Waals surface area contributed by atoms with Gasteiger partial charge in [-0.15, -0.1) is 10.2 Å². The predicted molar refractivity (Wildman–Crippen MR) is 93.3 cm³/mol. The van der Waals surface area contributed by atoms with Crippen molar-refractivity contribution in [3.8, 4) is 5.75 Å². The third-order valence-corrected chi connectivity index (χ3v) is 5.19. The van der Waals surface area contributed by atoms with E-state index in [1.807, 2.05) is 0 Å². The molecule has 1 saturated carbocycles. The predicted octanol–water partition coefficient (Wildman–Crippen LogP) is 3.06. The van der Waals surface area contributed by atoms with Crippen molar-refractivity contribution in [1.82, 2.24) is 19.7 Å². The molecule has 27 heavy (non-hydrogen) atoms. The van der Waals surface area contributed by atoms with E-state index in [9.17, 15) is 13.6 Å². The first kappa shape index (κ1) is 17.9. The molecule has 0 N–H and O–H groups in total. The van der Waals surface area contributed by atoms with Crippen molar-refractivity contribution >= 4 is 5.91 Å². The Kier molecular flexibility index (Phi) is 4.80. The van der Waals surface area contributed by atoms with Crippen molar-refractivity contribution in [3.05, 3.63) is 42.0 Å². The highest BCUT2D eigenvalue weighted by Crippen LogP contribution is 2.38. The van der Waals surface area contributed by atoms with Gasteiger partial charge in [0.2, 0.25) is 0 Å². The molecule has 8 heteroatoms. The molecule has 4 rings (SSSR count). The van der Waals surface area contributed by atoms with Crippen LogP contribution < -0.4 is 4.74 Å². The molecule has 1 aromatic heterocycles. The molecule has 2 aromatic rings. The number of benzene rings is 1. The van der Waals surface area contributed by atoms with Crippen LogP contribution in [0.1, 0.15) is 50.4 Å². The first-order valence-corrected chi connectivity index (χ1v) is 9.33. The number of amides is 1. The van der Waals surface area contributed by atoms with Gasteiger partial charge in [-0.2, -0.15) is 0 Å². The van der Waals surface area contributed by atoms with Gasteiger partial charge in [-0.3, -0.25) is 4.79 Å².